The molecule has 12 heteroatoms. The molecule has 0 aliphatic rings. The maximum Gasteiger partial charge on any atom is 0.342 e. The van der Waals surface area contributed by atoms with Crippen molar-refractivity contribution >= 4 is 44.9 Å². The number of ether oxygens (including phenoxy) is 3. The van der Waals surface area contributed by atoms with Crippen LogP contribution in [0.4, 0.5) is 11.4 Å². The Kier molecular flexibility index (Phi) is 7.71. The lowest BCUT2D eigenvalue weighted by molar-refractivity contribution is -0.119. The van der Waals surface area contributed by atoms with Gasteiger partial charge in [-0.3, -0.25) is 4.79 Å². The number of amides is 1. The number of esters is 1. The SMILES string of the molecule is COc1ccc(S(=O)(=O)N(C)C)cc1NC(=O)COC(=O)c1cc(Cl)c(N)cc1OC. The Hall–Kier alpha value is -3.02. The lowest BCUT2D eigenvalue weighted by Gasteiger charge is -2.15. The lowest BCUT2D eigenvalue weighted by atomic mass is 10.2. The molecule has 0 spiro atoms. The highest BCUT2D eigenvalue weighted by Crippen LogP contribution is 2.30. The van der Waals surface area contributed by atoms with Gasteiger partial charge in [-0.1, -0.05) is 11.6 Å². The summed E-state index contributed by atoms with van der Waals surface area (Å²) in [4.78, 5) is 24.6. The molecule has 0 bridgehead atoms. The normalized spacial score (nSPS) is 11.2. The number of nitrogens with two attached hydrogens (primary N) is 1. The molecule has 0 fully saturated rings. The second kappa shape index (κ2) is 9.86. The third-order valence-corrected chi connectivity index (χ3v) is 6.24. The molecule has 0 heterocycles. The first-order chi connectivity index (χ1) is 14.5. The molecule has 2 aromatic rings. The van der Waals surface area contributed by atoms with E-state index in [0.717, 1.165) is 4.31 Å². The number of hydrogen-bond acceptors (Lipinski definition) is 8. The van der Waals surface area contributed by atoms with E-state index in [0.29, 0.717) is 0 Å². The van der Waals surface area contributed by atoms with E-state index in [1.807, 2.05) is 0 Å². The number of benzene rings is 2. The summed E-state index contributed by atoms with van der Waals surface area (Å²) < 4.78 is 40.9. The van der Waals surface area contributed by atoms with E-state index in [1.165, 1.54) is 58.6 Å². The van der Waals surface area contributed by atoms with Crippen LogP contribution in [0.1, 0.15) is 10.4 Å². The van der Waals surface area contributed by atoms with E-state index >= 15 is 0 Å². The molecule has 0 atom stereocenters. The molecule has 168 valence electrons. The summed E-state index contributed by atoms with van der Waals surface area (Å²) in [6.45, 7) is -0.655. The number of halogens is 1. The van der Waals surface area contributed by atoms with Crippen LogP contribution >= 0.6 is 11.6 Å². The van der Waals surface area contributed by atoms with Gasteiger partial charge in [0.05, 0.1) is 35.5 Å². The topological polar surface area (TPSA) is 137 Å². The zero-order valence-corrected chi connectivity index (χ0v) is 18.8. The maximum atomic E-state index is 12.3. The Labute approximate surface area is 184 Å². The van der Waals surface area contributed by atoms with Crippen LogP contribution in [0.2, 0.25) is 5.02 Å². The van der Waals surface area contributed by atoms with Gasteiger partial charge in [-0.05, 0) is 24.3 Å². The molecule has 10 nitrogen and oxygen atoms in total. The standard InChI is InChI=1S/C19H22ClN3O7S/c1-23(2)31(26,27)11-5-6-16(28-3)15(7-11)22-18(24)10-30-19(25)12-8-13(20)14(21)9-17(12)29-4/h5-9H,10,21H2,1-4H3,(H,22,24). The highest BCUT2D eigenvalue weighted by atomic mass is 35.5. The number of carbonyl (C=O) groups excluding carboxylic acids is 2. The van der Waals surface area contributed by atoms with Crippen LogP contribution in [0.3, 0.4) is 0 Å². The van der Waals surface area contributed by atoms with Crippen LogP contribution in [0.25, 0.3) is 0 Å². The van der Waals surface area contributed by atoms with Crippen molar-refractivity contribution in [3.63, 3.8) is 0 Å². The molecule has 2 rings (SSSR count). The molecule has 3 N–H and O–H groups in total. The second-order valence-corrected chi connectivity index (χ2v) is 8.91. The van der Waals surface area contributed by atoms with E-state index in [4.69, 9.17) is 31.5 Å². The molecule has 0 aromatic heterocycles. The van der Waals surface area contributed by atoms with Gasteiger partial charge in [0.1, 0.15) is 17.1 Å². The number of nitrogen functional groups attached to an aromatic ring is 1. The Bertz CT molecular complexity index is 1100. The summed E-state index contributed by atoms with van der Waals surface area (Å²) in [5, 5.41) is 2.59. The smallest absolute Gasteiger partial charge is 0.342 e. The minimum atomic E-state index is -3.73. The average molecular weight is 472 g/mol. The average Bonchev–Trinajstić information content (AvgIpc) is 2.73. The number of anilines is 2. The van der Waals surface area contributed by atoms with Gasteiger partial charge in [-0.15, -0.1) is 0 Å². The number of carbonyl (C=O) groups is 2. The van der Waals surface area contributed by atoms with Gasteiger partial charge < -0.3 is 25.3 Å². The quantitative estimate of drug-likeness (QED) is 0.440. The van der Waals surface area contributed by atoms with Gasteiger partial charge >= 0.3 is 5.97 Å². The van der Waals surface area contributed by atoms with E-state index < -0.39 is 28.5 Å². The first-order valence-electron chi connectivity index (χ1n) is 8.71. The largest absolute Gasteiger partial charge is 0.496 e. The zero-order chi connectivity index (χ0) is 23.3. The minimum absolute atomic E-state index is 0.00819. The number of sulfonamides is 1. The summed E-state index contributed by atoms with van der Waals surface area (Å²) in [5.41, 5.74) is 5.98. The van der Waals surface area contributed by atoms with Gasteiger partial charge in [0.2, 0.25) is 10.0 Å². The van der Waals surface area contributed by atoms with Crippen molar-refractivity contribution in [1.82, 2.24) is 4.31 Å². The first kappa shape index (κ1) is 24.3. The first-order valence-corrected chi connectivity index (χ1v) is 10.5. The minimum Gasteiger partial charge on any atom is -0.496 e. The summed E-state index contributed by atoms with van der Waals surface area (Å²) in [7, 11) is 1.74. The Morgan fingerprint density at radius 2 is 1.74 bits per heavy atom. The molecule has 31 heavy (non-hydrogen) atoms. The summed E-state index contributed by atoms with van der Waals surface area (Å²) >= 11 is 5.93. The van der Waals surface area contributed by atoms with Crippen LogP contribution in [0, 0.1) is 0 Å². The van der Waals surface area contributed by atoms with Crippen molar-refractivity contribution in [1.29, 1.82) is 0 Å². The van der Waals surface area contributed by atoms with E-state index in [9.17, 15) is 18.0 Å². The van der Waals surface area contributed by atoms with E-state index in [-0.39, 0.29) is 38.4 Å². The van der Waals surface area contributed by atoms with Crippen molar-refractivity contribution in [2.24, 2.45) is 0 Å². The summed E-state index contributed by atoms with van der Waals surface area (Å²) in [6, 6.07) is 6.63. The third kappa shape index (κ3) is 5.57. The van der Waals surface area contributed by atoms with Gasteiger partial charge in [0.15, 0.2) is 6.61 Å². The highest BCUT2D eigenvalue weighted by Gasteiger charge is 2.21. The Morgan fingerprint density at radius 3 is 2.32 bits per heavy atom. The fourth-order valence-electron chi connectivity index (χ4n) is 2.45. The highest BCUT2D eigenvalue weighted by molar-refractivity contribution is 7.89. The fourth-order valence-corrected chi connectivity index (χ4v) is 3.54. The van der Waals surface area contributed by atoms with Crippen LogP contribution in [0.15, 0.2) is 35.2 Å². The fraction of sp³-hybridized carbons (Fsp3) is 0.263. The molecule has 0 unspecified atom stereocenters. The molecule has 0 radical (unpaired) electrons. The van der Waals surface area contributed by atoms with Crippen molar-refractivity contribution in [3.05, 3.63) is 40.9 Å². The molecular formula is C19H22ClN3O7S. The van der Waals surface area contributed by atoms with Crippen LogP contribution < -0.4 is 20.5 Å². The predicted molar refractivity (Wildman–Crippen MR) is 115 cm³/mol. The number of hydrogen-bond donors (Lipinski definition) is 2. The monoisotopic (exact) mass is 471 g/mol. The number of methoxy groups -OCH3 is 2. The predicted octanol–water partition coefficient (Wildman–Crippen LogP) is 1.99. The van der Waals surface area contributed by atoms with Crippen molar-refractivity contribution < 1.29 is 32.2 Å². The van der Waals surface area contributed by atoms with Crippen molar-refractivity contribution in [2.45, 2.75) is 4.90 Å². The molecule has 1 amide bonds. The maximum absolute atomic E-state index is 12.3. The number of nitrogens with one attached hydrogen (secondary N) is 1. The van der Waals surface area contributed by atoms with Crippen LogP contribution in [-0.2, 0) is 19.6 Å². The number of rotatable bonds is 8. The Balaban J connectivity index is 2.16. The lowest BCUT2D eigenvalue weighted by Crippen LogP contribution is -2.23. The van der Waals surface area contributed by atoms with Gasteiger partial charge in [0.25, 0.3) is 5.91 Å². The molecule has 0 saturated carbocycles. The summed E-state index contributed by atoms with van der Waals surface area (Å²) in [5.74, 6) is -1.21. The third-order valence-electron chi connectivity index (χ3n) is 4.10. The van der Waals surface area contributed by atoms with Gasteiger partial charge in [-0.2, -0.15) is 0 Å². The Morgan fingerprint density at radius 1 is 1.10 bits per heavy atom. The molecular weight excluding hydrogens is 450 g/mol. The molecule has 2 aromatic carbocycles. The van der Waals surface area contributed by atoms with Crippen molar-refractivity contribution in [2.75, 3.05) is 46.0 Å². The van der Waals surface area contributed by atoms with Gasteiger partial charge in [0, 0.05) is 20.2 Å². The van der Waals surface area contributed by atoms with Crippen molar-refractivity contribution in [3.8, 4) is 11.5 Å². The van der Waals surface area contributed by atoms with E-state index in [1.54, 1.807) is 0 Å². The molecule has 0 aliphatic carbocycles. The van der Waals surface area contributed by atoms with Gasteiger partial charge in [-0.25, -0.2) is 17.5 Å². The van der Waals surface area contributed by atoms with Crippen LogP contribution in [0.5, 0.6) is 11.5 Å². The number of nitrogens with zero attached hydrogens (tertiary/aromatic N) is 1. The summed E-state index contributed by atoms with van der Waals surface area (Å²) in [6.07, 6.45) is 0. The molecule has 0 saturated heterocycles. The molecule has 0 aliphatic heterocycles. The van der Waals surface area contributed by atoms with E-state index in [2.05, 4.69) is 5.32 Å². The van der Waals surface area contributed by atoms with Crippen LogP contribution in [-0.4, -0.2) is 59.5 Å². The second-order valence-electron chi connectivity index (χ2n) is 6.35. The zero-order valence-electron chi connectivity index (χ0n) is 17.3.